The van der Waals surface area contributed by atoms with Crippen LogP contribution < -0.4 is 0 Å². The van der Waals surface area contributed by atoms with Crippen molar-refractivity contribution < 1.29 is 13.5 Å². The fourth-order valence-corrected chi connectivity index (χ4v) is 3.80. The van der Waals surface area contributed by atoms with Crippen LogP contribution in [0.2, 0.25) is 0 Å². The summed E-state index contributed by atoms with van der Waals surface area (Å²) in [5.74, 6) is 0.221. The summed E-state index contributed by atoms with van der Waals surface area (Å²) in [6.07, 6.45) is 3.58. The second-order valence-electron chi connectivity index (χ2n) is 5.78. The van der Waals surface area contributed by atoms with Gasteiger partial charge in [-0.05, 0) is 30.2 Å². The van der Waals surface area contributed by atoms with Crippen molar-refractivity contribution in [2.45, 2.75) is 11.8 Å². The Bertz CT molecular complexity index is 980. The highest BCUT2D eigenvalue weighted by Gasteiger charge is 2.31. The molecule has 1 aliphatic heterocycles. The Morgan fingerprint density at radius 3 is 2.58 bits per heavy atom. The first-order valence-electron chi connectivity index (χ1n) is 8.11. The molecule has 0 spiro atoms. The zero-order chi connectivity index (χ0) is 18.6. The molecule has 6 nitrogen and oxygen atoms in total. The number of aliphatic hydroxyl groups is 1. The molecule has 1 N–H and O–H groups in total. The maximum atomic E-state index is 12.2. The highest BCUT2D eigenvalue weighted by Crippen LogP contribution is 2.27. The SMILES string of the molecule is CC(C=NN(CCO)C1=NS(=O)(=O)c2ccccc21)=Cc1ccccc1. The van der Waals surface area contributed by atoms with Gasteiger partial charge < -0.3 is 5.11 Å². The van der Waals surface area contributed by atoms with Crippen LogP contribution in [-0.4, -0.2) is 43.7 Å². The van der Waals surface area contributed by atoms with Crippen molar-refractivity contribution >= 4 is 28.1 Å². The van der Waals surface area contributed by atoms with Crippen molar-refractivity contribution in [2.75, 3.05) is 13.2 Å². The zero-order valence-electron chi connectivity index (χ0n) is 14.3. The van der Waals surface area contributed by atoms with Crippen LogP contribution in [0.3, 0.4) is 0 Å². The number of allylic oxidation sites excluding steroid dienone is 1. The van der Waals surface area contributed by atoms with Gasteiger partial charge in [0.25, 0.3) is 10.0 Å². The molecule has 2 aromatic rings. The van der Waals surface area contributed by atoms with E-state index in [0.717, 1.165) is 11.1 Å². The molecule has 0 amide bonds. The van der Waals surface area contributed by atoms with E-state index >= 15 is 0 Å². The van der Waals surface area contributed by atoms with E-state index in [9.17, 15) is 13.5 Å². The van der Waals surface area contributed by atoms with Crippen LogP contribution in [0.5, 0.6) is 0 Å². The largest absolute Gasteiger partial charge is 0.394 e. The molecule has 0 unspecified atom stereocenters. The lowest BCUT2D eigenvalue weighted by molar-refractivity contribution is 0.254. The molecule has 0 saturated heterocycles. The molecule has 0 aromatic heterocycles. The summed E-state index contributed by atoms with van der Waals surface area (Å²) in [6, 6.07) is 16.4. The summed E-state index contributed by atoms with van der Waals surface area (Å²) in [5, 5.41) is 15.1. The van der Waals surface area contributed by atoms with Crippen molar-refractivity contribution in [2.24, 2.45) is 9.50 Å². The molecule has 3 rings (SSSR count). The van der Waals surface area contributed by atoms with Gasteiger partial charge in [0.1, 0.15) is 4.90 Å². The Kier molecular flexibility index (Phi) is 5.29. The summed E-state index contributed by atoms with van der Waals surface area (Å²) in [7, 11) is -3.73. The lowest BCUT2D eigenvalue weighted by Gasteiger charge is -2.17. The van der Waals surface area contributed by atoms with E-state index in [1.807, 2.05) is 43.3 Å². The third kappa shape index (κ3) is 3.89. The third-order valence-electron chi connectivity index (χ3n) is 3.76. The molecule has 0 aliphatic carbocycles. The average Bonchev–Trinajstić information content (AvgIpc) is 2.91. The summed E-state index contributed by atoms with van der Waals surface area (Å²) in [4.78, 5) is 0.157. The normalized spacial score (nSPS) is 15.8. The molecule has 0 saturated carbocycles. The van der Waals surface area contributed by atoms with Crippen molar-refractivity contribution in [3.8, 4) is 0 Å². The fourth-order valence-electron chi connectivity index (χ4n) is 2.60. The van der Waals surface area contributed by atoms with Crippen LogP contribution in [0.4, 0.5) is 0 Å². The van der Waals surface area contributed by atoms with Gasteiger partial charge in [-0.2, -0.15) is 13.5 Å². The summed E-state index contributed by atoms with van der Waals surface area (Å²) >= 11 is 0. The maximum absolute atomic E-state index is 12.2. The number of hydrogen-bond acceptors (Lipinski definition) is 5. The molecular formula is C19H19N3O3S. The molecule has 1 aliphatic rings. The Hall–Kier alpha value is -2.77. The Morgan fingerprint density at radius 2 is 1.85 bits per heavy atom. The average molecular weight is 369 g/mol. The van der Waals surface area contributed by atoms with Crippen molar-refractivity contribution in [3.63, 3.8) is 0 Å². The first kappa shape index (κ1) is 18.0. The van der Waals surface area contributed by atoms with Crippen LogP contribution in [-0.2, 0) is 10.0 Å². The number of hydrogen-bond donors (Lipinski definition) is 1. The molecule has 2 aromatic carbocycles. The molecule has 0 bridgehead atoms. The van der Waals surface area contributed by atoms with E-state index in [1.165, 1.54) is 11.1 Å². The van der Waals surface area contributed by atoms with Gasteiger partial charge in [-0.15, -0.1) is 4.40 Å². The van der Waals surface area contributed by atoms with Crippen LogP contribution in [0.1, 0.15) is 18.1 Å². The highest BCUT2D eigenvalue weighted by atomic mass is 32.2. The maximum Gasteiger partial charge on any atom is 0.285 e. The molecule has 7 heteroatoms. The molecule has 0 radical (unpaired) electrons. The summed E-state index contributed by atoms with van der Waals surface area (Å²) in [6.45, 7) is 1.85. The second kappa shape index (κ2) is 7.63. The number of rotatable bonds is 5. The number of hydrazone groups is 1. The van der Waals surface area contributed by atoms with Crippen LogP contribution in [0, 0.1) is 0 Å². The number of benzene rings is 2. The monoisotopic (exact) mass is 369 g/mol. The third-order valence-corrected chi connectivity index (χ3v) is 5.09. The van der Waals surface area contributed by atoms with E-state index in [2.05, 4.69) is 9.50 Å². The van der Waals surface area contributed by atoms with Crippen LogP contribution >= 0.6 is 0 Å². The number of aliphatic hydroxyl groups excluding tert-OH is 1. The summed E-state index contributed by atoms with van der Waals surface area (Å²) in [5.41, 5.74) is 2.41. The van der Waals surface area contributed by atoms with E-state index in [1.54, 1.807) is 24.4 Å². The Balaban J connectivity index is 1.90. The Labute approximate surface area is 152 Å². The molecule has 134 valence electrons. The molecule has 0 fully saturated rings. The molecule has 0 atom stereocenters. The number of fused-ring (bicyclic) bond motifs is 1. The molecule has 1 heterocycles. The number of sulfonamides is 1. The van der Waals surface area contributed by atoms with Crippen molar-refractivity contribution in [1.82, 2.24) is 5.01 Å². The minimum absolute atomic E-state index is 0.137. The van der Waals surface area contributed by atoms with E-state index in [4.69, 9.17) is 0 Å². The van der Waals surface area contributed by atoms with Crippen molar-refractivity contribution in [1.29, 1.82) is 0 Å². The highest BCUT2D eigenvalue weighted by molar-refractivity contribution is 7.90. The first-order valence-corrected chi connectivity index (χ1v) is 9.55. The lowest BCUT2D eigenvalue weighted by atomic mass is 10.1. The van der Waals surface area contributed by atoms with Gasteiger partial charge in [0, 0.05) is 5.56 Å². The second-order valence-corrected chi connectivity index (χ2v) is 7.35. The quantitative estimate of drug-likeness (QED) is 0.648. The number of amidine groups is 1. The topological polar surface area (TPSA) is 82.3 Å². The van der Waals surface area contributed by atoms with Gasteiger partial charge in [-0.1, -0.05) is 48.5 Å². The summed E-state index contributed by atoms with van der Waals surface area (Å²) < 4.78 is 28.3. The van der Waals surface area contributed by atoms with E-state index in [-0.39, 0.29) is 23.9 Å². The van der Waals surface area contributed by atoms with Gasteiger partial charge in [0.15, 0.2) is 5.84 Å². The van der Waals surface area contributed by atoms with Crippen molar-refractivity contribution in [3.05, 3.63) is 71.3 Å². The van der Waals surface area contributed by atoms with Gasteiger partial charge in [-0.25, -0.2) is 5.01 Å². The van der Waals surface area contributed by atoms with Gasteiger partial charge >= 0.3 is 0 Å². The predicted molar refractivity (Wildman–Crippen MR) is 103 cm³/mol. The standard InChI is InChI=1S/C19H19N3O3S/c1-15(13-16-7-3-2-4-8-16)14-20-22(11-12-23)19-17-9-5-6-10-18(17)26(24,25)21-19/h2-10,13-14,23H,11-12H2,1H3. The molecule has 26 heavy (non-hydrogen) atoms. The van der Waals surface area contributed by atoms with Crippen LogP contribution in [0.25, 0.3) is 6.08 Å². The first-order chi connectivity index (χ1) is 12.5. The molecular weight excluding hydrogens is 350 g/mol. The van der Waals surface area contributed by atoms with Crippen LogP contribution in [0.15, 0.2) is 74.6 Å². The minimum atomic E-state index is -3.73. The zero-order valence-corrected chi connectivity index (χ0v) is 15.1. The fraction of sp³-hybridized carbons (Fsp3) is 0.158. The smallest absolute Gasteiger partial charge is 0.285 e. The Morgan fingerprint density at radius 1 is 1.15 bits per heavy atom. The van der Waals surface area contributed by atoms with E-state index < -0.39 is 10.0 Å². The lowest BCUT2D eigenvalue weighted by Crippen LogP contribution is -2.28. The van der Waals surface area contributed by atoms with E-state index in [0.29, 0.717) is 5.56 Å². The minimum Gasteiger partial charge on any atom is -0.394 e. The predicted octanol–water partition coefficient (Wildman–Crippen LogP) is 2.52. The van der Waals surface area contributed by atoms with Gasteiger partial charge in [0.05, 0.1) is 19.4 Å². The van der Waals surface area contributed by atoms with Gasteiger partial charge in [0.2, 0.25) is 0 Å². The number of nitrogens with zero attached hydrogens (tertiary/aromatic N) is 3. The van der Waals surface area contributed by atoms with Gasteiger partial charge in [-0.3, -0.25) is 0 Å².